The van der Waals surface area contributed by atoms with Crippen molar-refractivity contribution in [1.82, 2.24) is 9.80 Å². The maximum absolute atomic E-state index is 12.1. The lowest BCUT2D eigenvalue weighted by atomic mass is 10.0. The van der Waals surface area contributed by atoms with Crippen molar-refractivity contribution in [3.63, 3.8) is 0 Å². The molecule has 2 rings (SSSR count). The summed E-state index contributed by atoms with van der Waals surface area (Å²) in [6.45, 7) is 1.20. The van der Waals surface area contributed by atoms with E-state index >= 15 is 0 Å². The molecule has 0 aromatic heterocycles. The molecule has 6 nitrogen and oxygen atoms in total. The zero-order valence-corrected chi connectivity index (χ0v) is 13.5. The molecule has 1 aliphatic rings. The van der Waals surface area contributed by atoms with E-state index in [0.29, 0.717) is 17.9 Å². The van der Waals surface area contributed by atoms with E-state index in [1.165, 1.54) is 7.11 Å². The Kier molecular flexibility index (Phi) is 5.03. The third kappa shape index (κ3) is 3.06. The van der Waals surface area contributed by atoms with Gasteiger partial charge in [-0.1, -0.05) is 6.07 Å². The summed E-state index contributed by atoms with van der Waals surface area (Å²) in [6.07, 6.45) is 0.786. The molecule has 22 heavy (non-hydrogen) atoms. The first-order chi connectivity index (χ1) is 10.5. The normalized spacial score (nSPS) is 18.0. The molecule has 1 aromatic carbocycles. The number of hydrogen-bond donors (Lipinski definition) is 0. The molecule has 0 aliphatic carbocycles. The number of methoxy groups -OCH3 is 2. The third-order valence-corrected chi connectivity index (χ3v) is 4.10. The van der Waals surface area contributed by atoms with Crippen molar-refractivity contribution in [2.24, 2.45) is 0 Å². The van der Waals surface area contributed by atoms with Gasteiger partial charge in [0.05, 0.1) is 25.8 Å². The minimum Gasteiger partial charge on any atom is -0.496 e. The molecule has 1 heterocycles. The Balaban J connectivity index is 2.28. The van der Waals surface area contributed by atoms with E-state index in [1.807, 2.05) is 11.9 Å². The van der Waals surface area contributed by atoms with Gasteiger partial charge in [0.2, 0.25) is 5.91 Å². The predicted octanol–water partition coefficient (Wildman–Crippen LogP) is 1.14. The SMILES string of the molecule is COC(=O)c1cccc(OC)c1CN(C)C1CCN(C)C1=O. The van der Waals surface area contributed by atoms with Gasteiger partial charge in [0, 0.05) is 25.7 Å². The molecule has 6 heteroatoms. The Bertz CT molecular complexity index is 573. The smallest absolute Gasteiger partial charge is 0.338 e. The summed E-state index contributed by atoms with van der Waals surface area (Å²) in [4.78, 5) is 27.8. The van der Waals surface area contributed by atoms with Gasteiger partial charge in [0.15, 0.2) is 0 Å². The fourth-order valence-electron chi connectivity index (χ4n) is 2.79. The van der Waals surface area contributed by atoms with E-state index < -0.39 is 5.97 Å². The van der Waals surface area contributed by atoms with Gasteiger partial charge in [-0.15, -0.1) is 0 Å². The number of benzene rings is 1. The zero-order valence-electron chi connectivity index (χ0n) is 13.5. The van der Waals surface area contributed by atoms with Crippen LogP contribution in [0.25, 0.3) is 0 Å². The minimum absolute atomic E-state index is 0.108. The highest BCUT2D eigenvalue weighted by molar-refractivity contribution is 5.92. The second-order valence-corrected chi connectivity index (χ2v) is 5.46. The fourth-order valence-corrected chi connectivity index (χ4v) is 2.79. The number of likely N-dealkylation sites (tertiary alicyclic amines) is 1. The van der Waals surface area contributed by atoms with Crippen molar-refractivity contribution < 1.29 is 19.1 Å². The number of likely N-dealkylation sites (N-methyl/N-ethyl adjacent to an activating group) is 2. The van der Waals surface area contributed by atoms with Gasteiger partial charge in [0.25, 0.3) is 0 Å². The maximum atomic E-state index is 12.1. The number of esters is 1. The molecule has 120 valence electrons. The standard InChI is InChI=1S/C16H22N2O4/c1-17-9-8-13(15(17)19)18(2)10-12-11(16(20)22-4)6-5-7-14(12)21-3/h5-7,13H,8-10H2,1-4H3. The molecule has 0 saturated carbocycles. The molecule has 1 amide bonds. The number of carbonyl (C=O) groups is 2. The zero-order chi connectivity index (χ0) is 16.3. The highest BCUT2D eigenvalue weighted by atomic mass is 16.5. The second-order valence-electron chi connectivity index (χ2n) is 5.46. The molecular formula is C16H22N2O4. The van der Waals surface area contributed by atoms with Gasteiger partial charge in [-0.3, -0.25) is 9.69 Å². The molecule has 0 radical (unpaired) electrons. The van der Waals surface area contributed by atoms with E-state index in [9.17, 15) is 9.59 Å². The number of ether oxygens (including phenoxy) is 2. The number of rotatable bonds is 5. The lowest BCUT2D eigenvalue weighted by molar-refractivity contribution is -0.130. The predicted molar refractivity (Wildman–Crippen MR) is 81.8 cm³/mol. The minimum atomic E-state index is -0.405. The van der Waals surface area contributed by atoms with Crippen LogP contribution in [0.5, 0.6) is 5.75 Å². The molecule has 0 bridgehead atoms. The molecule has 1 unspecified atom stereocenters. The van der Waals surface area contributed by atoms with Crippen molar-refractivity contribution in [1.29, 1.82) is 0 Å². The Morgan fingerprint density at radius 3 is 2.68 bits per heavy atom. The van der Waals surface area contributed by atoms with Crippen LogP contribution in [-0.2, 0) is 16.1 Å². The van der Waals surface area contributed by atoms with Gasteiger partial charge >= 0.3 is 5.97 Å². The summed E-state index contributed by atoms with van der Waals surface area (Å²) in [5, 5.41) is 0. The Morgan fingerprint density at radius 1 is 1.41 bits per heavy atom. The van der Waals surface area contributed by atoms with Crippen LogP contribution in [-0.4, -0.2) is 62.6 Å². The van der Waals surface area contributed by atoms with E-state index in [1.54, 1.807) is 37.3 Å². The van der Waals surface area contributed by atoms with Crippen molar-refractivity contribution in [2.75, 3.05) is 34.9 Å². The number of hydrogen-bond acceptors (Lipinski definition) is 5. The summed E-state index contributed by atoms with van der Waals surface area (Å²) in [5.74, 6) is 0.322. The van der Waals surface area contributed by atoms with Crippen LogP contribution in [0.2, 0.25) is 0 Å². The van der Waals surface area contributed by atoms with Crippen molar-refractivity contribution in [3.05, 3.63) is 29.3 Å². The molecule has 1 aromatic rings. The molecule has 1 saturated heterocycles. The van der Waals surface area contributed by atoms with Gasteiger partial charge in [-0.05, 0) is 25.6 Å². The van der Waals surface area contributed by atoms with Crippen LogP contribution < -0.4 is 4.74 Å². The highest BCUT2D eigenvalue weighted by Gasteiger charge is 2.33. The van der Waals surface area contributed by atoms with Crippen LogP contribution in [0, 0.1) is 0 Å². The van der Waals surface area contributed by atoms with Gasteiger partial charge in [-0.25, -0.2) is 4.79 Å². The summed E-state index contributed by atoms with van der Waals surface area (Å²) >= 11 is 0. The number of nitrogens with zero attached hydrogens (tertiary/aromatic N) is 2. The summed E-state index contributed by atoms with van der Waals surface area (Å²) < 4.78 is 10.2. The van der Waals surface area contributed by atoms with Gasteiger partial charge in [-0.2, -0.15) is 0 Å². The third-order valence-electron chi connectivity index (χ3n) is 4.10. The first kappa shape index (κ1) is 16.3. The number of carbonyl (C=O) groups excluding carboxylic acids is 2. The molecule has 1 aliphatic heterocycles. The summed E-state index contributed by atoms with van der Waals surface area (Å²) in [5.41, 5.74) is 1.20. The number of amides is 1. The monoisotopic (exact) mass is 306 g/mol. The lowest BCUT2D eigenvalue weighted by Gasteiger charge is -2.24. The molecular weight excluding hydrogens is 284 g/mol. The Morgan fingerprint density at radius 2 is 2.14 bits per heavy atom. The van der Waals surface area contributed by atoms with E-state index in [4.69, 9.17) is 9.47 Å². The van der Waals surface area contributed by atoms with E-state index in [2.05, 4.69) is 0 Å². The topological polar surface area (TPSA) is 59.1 Å². The van der Waals surface area contributed by atoms with Crippen molar-refractivity contribution >= 4 is 11.9 Å². The molecule has 1 fully saturated rings. The average Bonchev–Trinajstić information content (AvgIpc) is 2.86. The summed E-state index contributed by atoms with van der Waals surface area (Å²) in [6, 6.07) is 5.10. The largest absolute Gasteiger partial charge is 0.496 e. The highest BCUT2D eigenvalue weighted by Crippen LogP contribution is 2.26. The second kappa shape index (κ2) is 6.79. The average molecular weight is 306 g/mol. The molecule has 1 atom stereocenters. The van der Waals surface area contributed by atoms with Crippen LogP contribution in [0.3, 0.4) is 0 Å². The van der Waals surface area contributed by atoms with Crippen molar-refractivity contribution in [2.45, 2.75) is 19.0 Å². The first-order valence-corrected chi connectivity index (χ1v) is 7.19. The van der Waals surface area contributed by atoms with E-state index in [0.717, 1.165) is 18.5 Å². The van der Waals surface area contributed by atoms with Gasteiger partial charge < -0.3 is 14.4 Å². The van der Waals surface area contributed by atoms with Gasteiger partial charge in [0.1, 0.15) is 5.75 Å². The van der Waals surface area contributed by atoms with Crippen LogP contribution in [0.15, 0.2) is 18.2 Å². The Labute approximate surface area is 130 Å². The summed E-state index contributed by atoms with van der Waals surface area (Å²) in [7, 11) is 6.60. The van der Waals surface area contributed by atoms with Crippen molar-refractivity contribution in [3.8, 4) is 5.75 Å². The lowest BCUT2D eigenvalue weighted by Crippen LogP contribution is -2.38. The van der Waals surface area contributed by atoms with E-state index in [-0.39, 0.29) is 11.9 Å². The van der Waals surface area contributed by atoms with Crippen LogP contribution in [0.4, 0.5) is 0 Å². The maximum Gasteiger partial charge on any atom is 0.338 e. The molecule has 0 N–H and O–H groups in total. The Hall–Kier alpha value is -2.08. The van der Waals surface area contributed by atoms with Crippen LogP contribution >= 0.6 is 0 Å². The quantitative estimate of drug-likeness (QED) is 0.764. The fraction of sp³-hybridized carbons (Fsp3) is 0.500. The van der Waals surface area contributed by atoms with Crippen LogP contribution in [0.1, 0.15) is 22.3 Å². The first-order valence-electron chi connectivity index (χ1n) is 7.19. The molecule has 0 spiro atoms.